The molecule has 4 N–H and O–H groups in total. The molecule has 2 rings (SSSR count). The number of hydrogen-bond acceptors (Lipinski definition) is 5. The molecule has 0 aliphatic rings. The van der Waals surface area contributed by atoms with Crippen LogP contribution in [-0.2, 0) is 16.1 Å². The summed E-state index contributed by atoms with van der Waals surface area (Å²) >= 11 is 0. The molecule has 0 saturated heterocycles. The Bertz CT molecular complexity index is 594. The highest BCUT2D eigenvalue weighted by atomic mass is 16.2. The monoisotopic (exact) mass is 262 g/mol. The molecule has 0 fully saturated rings. The van der Waals surface area contributed by atoms with E-state index in [9.17, 15) is 9.59 Å². The lowest BCUT2D eigenvalue weighted by atomic mass is 10.4. The largest absolute Gasteiger partial charge is 0.347 e. The third kappa shape index (κ3) is 3.26. The molecule has 2 heterocycles. The van der Waals surface area contributed by atoms with Crippen molar-refractivity contribution in [1.29, 1.82) is 0 Å². The highest BCUT2D eigenvalue weighted by molar-refractivity contribution is 5.85. The van der Waals surface area contributed by atoms with Crippen LogP contribution >= 0.6 is 0 Å². The Labute approximate surface area is 109 Å². The number of aromatic nitrogens is 3. The summed E-state index contributed by atoms with van der Waals surface area (Å²) in [4.78, 5) is 22.4. The van der Waals surface area contributed by atoms with Gasteiger partial charge in [-0.3, -0.25) is 14.0 Å². The molecule has 100 valence electrons. The van der Waals surface area contributed by atoms with E-state index in [4.69, 9.17) is 5.73 Å². The molecule has 2 aromatic rings. The van der Waals surface area contributed by atoms with Gasteiger partial charge in [-0.1, -0.05) is 6.07 Å². The zero-order valence-electron chi connectivity index (χ0n) is 10.2. The highest BCUT2D eigenvalue weighted by Gasteiger charge is 2.07. The van der Waals surface area contributed by atoms with Crippen molar-refractivity contribution in [2.75, 3.05) is 13.1 Å². The van der Waals surface area contributed by atoms with Crippen molar-refractivity contribution >= 4 is 17.5 Å². The van der Waals surface area contributed by atoms with Gasteiger partial charge in [-0.15, -0.1) is 10.2 Å². The Kier molecular flexibility index (Phi) is 4.04. The molecule has 0 aliphatic heterocycles. The summed E-state index contributed by atoms with van der Waals surface area (Å²) in [6.45, 7) is -0.00261. The molecular weight excluding hydrogens is 248 g/mol. The van der Waals surface area contributed by atoms with Gasteiger partial charge in [-0.2, -0.15) is 0 Å². The molecule has 2 amide bonds. The van der Waals surface area contributed by atoms with Crippen molar-refractivity contribution in [2.45, 2.75) is 6.54 Å². The number of nitrogens with zero attached hydrogens (tertiary/aromatic N) is 3. The van der Waals surface area contributed by atoms with Crippen LogP contribution in [0.5, 0.6) is 0 Å². The van der Waals surface area contributed by atoms with Crippen molar-refractivity contribution < 1.29 is 9.59 Å². The summed E-state index contributed by atoms with van der Waals surface area (Å²) in [5.74, 6) is -0.0633. The topological polar surface area (TPSA) is 114 Å². The minimum Gasteiger partial charge on any atom is -0.347 e. The lowest BCUT2D eigenvalue weighted by Gasteiger charge is -2.05. The Hall–Kier alpha value is -2.48. The summed E-state index contributed by atoms with van der Waals surface area (Å²) < 4.78 is 1.78. The number of carbonyl (C=O) groups is 2. The van der Waals surface area contributed by atoms with Gasteiger partial charge < -0.3 is 16.4 Å². The second-order valence-electron chi connectivity index (χ2n) is 3.80. The van der Waals surface area contributed by atoms with E-state index in [2.05, 4.69) is 20.8 Å². The molecule has 0 saturated carbocycles. The summed E-state index contributed by atoms with van der Waals surface area (Å²) in [6, 6.07) is 5.53. The third-order valence-corrected chi connectivity index (χ3v) is 2.46. The third-order valence-electron chi connectivity index (χ3n) is 2.46. The van der Waals surface area contributed by atoms with Crippen LogP contribution in [0, 0.1) is 0 Å². The number of carbonyl (C=O) groups excluding carboxylic acids is 2. The van der Waals surface area contributed by atoms with Gasteiger partial charge in [-0.25, -0.2) is 0 Å². The molecule has 0 radical (unpaired) electrons. The number of hydrogen-bond donors (Lipinski definition) is 3. The predicted molar refractivity (Wildman–Crippen MR) is 66.9 cm³/mol. The van der Waals surface area contributed by atoms with Crippen molar-refractivity contribution in [2.24, 2.45) is 5.73 Å². The van der Waals surface area contributed by atoms with Crippen LogP contribution in [0.2, 0.25) is 0 Å². The van der Waals surface area contributed by atoms with E-state index in [-0.39, 0.29) is 31.4 Å². The van der Waals surface area contributed by atoms with Gasteiger partial charge in [0.1, 0.15) is 0 Å². The van der Waals surface area contributed by atoms with Crippen molar-refractivity contribution in [3.63, 3.8) is 0 Å². The number of rotatable bonds is 5. The molecular formula is C11H14N6O2. The summed E-state index contributed by atoms with van der Waals surface area (Å²) in [6.07, 6.45) is 1.81. The van der Waals surface area contributed by atoms with Crippen LogP contribution in [0.25, 0.3) is 5.65 Å². The highest BCUT2D eigenvalue weighted by Crippen LogP contribution is 2.01. The SMILES string of the molecule is NCC(=O)NCC(=O)NCc1nnc2ccccn12. The Balaban J connectivity index is 1.88. The standard InChI is InChI=1S/C11H14N6O2/c12-5-10(18)14-7-11(19)13-6-9-16-15-8-3-1-2-4-17(8)9/h1-4H,5-7,12H2,(H,13,19)(H,14,18). The van der Waals surface area contributed by atoms with Gasteiger partial charge in [-0.05, 0) is 12.1 Å². The van der Waals surface area contributed by atoms with E-state index < -0.39 is 0 Å². The fourth-order valence-electron chi connectivity index (χ4n) is 1.50. The van der Waals surface area contributed by atoms with Crippen LogP contribution in [0.1, 0.15) is 5.82 Å². The molecule has 8 heteroatoms. The first-order valence-electron chi connectivity index (χ1n) is 5.73. The van der Waals surface area contributed by atoms with E-state index in [0.29, 0.717) is 11.5 Å². The Morgan fingerprint density at radius 1 is 1.21 bits per heavy atom. The normalized spacial score (nSPS) is 10.4. The Morgan fingerprint density at radius 2 is 2.05 bits per heavy atom. The lowest BCUT2D eigenvalue weighted by Crippen LogP contribution is -2.39. The van der Waals surface area contributed by atoms with Crippen LogP contribution in [0.3, 0.4) is 0 Å². The zero-order valence-corrected chi connectivity index (χ0v) is 10.2. The number of fused-ring (bicyclic) bond motifs is 1. The molecule has 0 unspecified atom stereocenters. The van der Waals surface area contributed by atoms with E-state index in [1.165, 1.54) is 0 Å². The fraction of sp³-hybridized carbons (Fsp3) is 0.273. The van der Waals surface area contributed by atoms with Crippen LogP contribution in [0.4, 0.5) is 0 Å². The smallest absolute Gasteiger partial charge is 0.239 e. The quantitative estimate of drug-likeness (QED) is 0.601. The van der Waals surface area contributed by atoms with Gasteiger partial charge in [0.2, 0.25) is 11.8 Å². The van der Waals surface area contributed by atoms with Crippen molar-refractivity contribution in [1.82, 2.24) is 25.2 Å². The minimum atomic E-state index is -0.372. The number of pyridine rings is 1. The number of amides is 2. The molecule has 0 atom stereocenters. The molecule has 19 heavy (non-hydrogen) atoms. The molecule has 0 aromatic carbocycles. The van der Waals surface area contributed by atoms with Crippen molar-refractivity contribution in [3.05, 3.63) is 30.2 Å². The van der Waals surface area contributed by atoms with E-state index in [1.807, 2.05) is 24.4 Å². The van der Waals surface area contributed by atoms with Crippen LogP contribution in [0.15, 0.2) is 24.4 Å². The zero-order chi connectivity index (χ0) is 13.7. The number of nitrogens with one attached hydrogen (secondary N) is 2. The van der Waals surface area contributed by atoms with Gasteiger partial charge in [0.25, 0.3) is 0 Å². The maximum Gasteiger partial charge on any atom is 0.239 e. The first-order valence-corrected chi connectivity index (χ1v) is 5.73. The first-order chi connectivity index (χ1) is 9.20. The van der Waals surface area contributed by atoms with Crippen molar-refractivity contribution in [3.8, 4) is 0 Å². The Morgan fingerprint density at radius 3 is 2.84 bits per heavy atom. The maximum absolute atomic E-state index is 11.5. The average molecular weight is 262 g/mol. The van der Waals surface area contributed by atoms with Gasteiger partial charge in [0, 0.05) is 6.20 Å². The molecule has 2 aromatic heterocycles. The second-order valence-corrected chi connectivity index (χ2v) is 3.80. The second kappa shape index (κ2) is 5.91. The predicted octanol–water partition coefficient (Wildman–Crippen LogP) is -1.58. The van der Waals surface area contributed by atoms with Gasteiger partial charge >= 0.3 is 0 Å². The fourth-order valence-corrected chi connectivity index (χ4v) is 1.50. The molecule has 8 nitrogen and oxygen atoms in total. The van der Waals surface area contributed by atoms with E-state index >= 15 is 0 Å². The van der Waals surface area contributed by atoms with Gasteiger partial charge in [0.05, 0.1) is 19.6 Å². The molecule has 0 aliphatic carbocycles. The van der Waals surface area contributed by atoms with Crippen LogP contribution < -0.4 is 16.4 Å². The summed E-state index contributed by atoms with van der Waals surface area (Å²) in [5, 5.41) is 12.9. The van der Waals surface area contributed by atoms with E-state index in [1.54, 1.807) is 4.40 Å². The lowest BCUT2D eigenvalue weighted by molar-refractivity contribution is -0.125. The summed E-state index contributed by atoms with van der Waals surface area (Å²) in [7, 11) is 0. The number of nitrogens with two attached hydrogens (primary N) is 1. The van der Waals surface area contributed by atoms with E-state index in [0.717, 1.165) is 0 Å². The average Bonchev–Trinajstić information content (AvgIpc) is 2.85. The summed E-state index contributed by atoms with van der Waals surface area (Å²) in [5.41, 5.74) is 5.82. The van der Waals surface area contributed by atoms with Crippen LogP contribution in [-0.4, -0.2) is 39.5 Å². The molecule has 0 bridgehead atoms. The molecule has 0 spiro atoms. The van der Waals surface area contributed by atoms with Gasteiger partial charge in [0.15, 0.2) is 11.5 Å². The maximum atomic E-state index is 11.5. The minimum absolute atomic E-state index is 0.104. The first kappa shape index (κ1) is 13.0.